The van der Waals surface area contributed by atoms with E-state index < -0.39 is 5.97 Å². The molecule has 0 amide bonds. The van der Waals surface area contributed by atoms with Crippen LogP contribution in [0, 0.1) is 17.8 Å². The summed E-state index contributed by atoms with van der Waals surface area (Å²) in [5.41, 5.74) is 2.38. The van der Waals surface area contributed by atoms with Crippen LogP contribution in [0.2, 0.25) is 0 Å². The van der Waals surface area contributed by atoms with Gasteiger partial charge in [0, 0.05) is 19.6 Å². The lowest BCUT2D eigenvalue weighted by molar-refractivity contribution is -0.139. The SMILES string of the molecule is COc1cc(CN2CC3C(C2)C3C(=O)O)ccc1OCC=C(C)C. The molecular formula is C19H25NO4. The van der Waals surface area contributed by atoms with Crippen molar-refractivity contribution in [3.63, 3.8) is 0 Å². The van der Waals surface area contributed by atoms with E-state index in [4.69, 9.17) is 14.6 Å². The zero-order chi connectivity index (χ0) is 17.3. The predicted octanol–water partition coefficient (Wildman–Crippen LogP) is 2.80. The molecule has 24 heavy (non-hydrogen) atoms. The Balaban J connectivity index is 1.57. The van der Waals surface area contributed by atoms with Gasteiger partial charge >= 0.3 is 5.97 Å². The van der Waals surface area contributed by atoms with Gasteiger partial charge in [-0.25, -0.2) is 0 Å². The fraction of sp³-hybridized carbons (Fsp3) is 0.526. The number of carboxylic acids is 1. The summed E-state index contributed by atoms with van der Waals surface area (Å²) in [7, 11) is 1.65. The molecular weight excluding hydrogens is 306 g/mol. The summed E-state index contributed by atoms with van der Waals surface area (Å²) in [5.74, 6) is 1.43. The number of benzene rings is 1. The second kappa shape index (κ2) is 6.85. The van der Waals surface area contributed by atoms with Crippen molar-refractivity contribution in [3.05, 3.63) is 35.4 Å². The molecule has 2 aliphatic rings. The fourth-order valence-corrected chi connectivity index (χ4v) is 3.60. The molecule has 1 aromatic rings. The van der Waals surface area contributed by atoms with Gasteiger partial charge in [-0.1, -0.05) is 11.6 Å². The van der Waals surface area contributed by atoms with Crippen molar-refractivity contribution < 1.29 is 19.4 Å². The van der Waals surface area contributed by atoms with E-state index in [-0.39, 0.29) is 5.92 Å². The number of likely N-dealkylation sites (tertiary alicyclic amines) is 1. The van der Waals surface area contributed by atoms with Crippen LogP contribution < -0.4 is 9.47 Å². The minimum Gasteiger partial charge on any atom is -0.493 e. The maximum absolute atomic E-state index is 11.0. The van der Waals surface area contributed by atoms with Gasteiger partial charge in [0.25, 0.3) is 0 Å². The van der Waals surface area contributed by atoms with E-state index in [9.17, 15) is 4.79 Å². The molecule has 5 heteroatoms. The lowest BCUT2D eigenvalue weighted by Gasteiger charge is -2.19. The average Bonchev–Trinajstić information content (AvgIpc) is 3.05. The van der Waals surface area contributed by atoms with Crippen LogP contribution >= 0.6 is 0 Å². The summed E-state index contributed by atoms with van der Waals surface area (Å²) in [6.07, 6.45) is 2.03. The number of hydrogen-bond acceptors (Lipinski definition) is 4. The standard InChI is InChI=1S/C19H25NO4/c1-12(2)6-7-24-16-5-4-13(8-17(16)23-3)9-20-10-14-15(11-20)18(14)19(21)22/h4-6,8,14-15,18H,7,9-11H2,1-3H3,(H,21,22). The summed E-state index contributed by atoms with van der Waals surface area (Å²) in [5, 5.41) is 9.09. The molecule has 0 radical (unpaired) electrons. The number of carboxylic acid groups (broad SMARTS) is 1. The van der Waals surface area contributed by atoms with Crippen molar-refractivity contribution in [2.24, 2.45) is 17.8 Å². The molecule has 0 spiro atoms. The Hall–Kier alpha value is -2.01. The molecule has 1 saturated carbocycles. The van der Waals surface area contributed by atoms with Crippen molar-refractivity contribution in [3.8, 4) is 11.5 Å². The van der Waals surface area contributed by atoms with Crippen molar-refractivity contribution in [1.82, 2.24) is 4.90 Å². The zero-order valence-electron chi connectivity index (χ0n) is 14.5. The molecule has 3 rings (SSSR count). The highest BCUT2D eigenvalue weighted by Crippen LogP contribution is 2.52. The molecule has 1 saturated heterocycles. The third-order valence-corrected chi connectivity index (χ3v) is 4.92. The molecule has 1 aliphatic carbocycles. The minimum atomic E-state index is -0.635. The van der Waals surface area contributed by atoms with E-state index in [1.54, 1.807) is 7.11 Å². The summed E-state index contributed by atoms with van der Waals surface area (Å²) < 4.78 is 11.2. The van der Waals surface area contributed by atoms with Crippen molar-refractivity contribution in [1.29, 1.82) is 0 Å². The van der Waals surface area contributed by atoms with E-state index in [0.29, 0.717) is 18.4 Å². The molecule has 1 heterocycles. The van der Waals surface area contributed by atoms with Gasteiger partial charge in [-0.2, -0.15) is 0 Å². The van der Waals surface area contributed by atoms with Crippen LogP contribution in [0.3, 0.4) is 0 Å². The summed E-state index contributed by atoms with van der Waals surface area (Å²) in [4.78, 5) is 13.4. The van der Waals surface area contributed by atoms with E-state index in [0.717, 1.165) is 36.7 Å². The molecule has 1 aliphatic heterocycles. The maximum atomic E-state index is 11.0. The number of hydrogen-bond donors (Lipinski definition) is 1. The lowest BCUT2D eigenvalue weighted by Crippen LogP contribution is -2.25. The summed E-state index contributed by atoms with van der Waals surface area (Å²) in [6, 6.07) is 6.01. The first kappa shape index (κ1) is 16.8. The number of nitrogens with zero attached hydrogens (tertiary/aromatic N) is 1. The average molecular weight is 331 g/mol. The highest BCUT2D eigenvalue weighted by Gasteiger charge is 2.59. The van der Waals surface area contributed by atoms with Gasteiger partial charge in [0.05, 0.1) is 13.0 Å². The number of aliphatic carboxylic acids is 1. The van der Waals surface area contributed by atoms with E-state index in [1.807, 2.05) is 32.1 Å². The second-order valence-corrected chi connectivity index (χ2v) is 6.96. The Morgan fingerprint density at radius 2 is 2.00 bits per heavy atom. The third-order valence-electron chi connectivity index (χ3n) is 4.92. The van der Waals surface area contributed by atoms with Gasteiger partial charge in [0.1, 0.15) is 6.61 Å². The van der Waals surface area contributed by atoms with Crippen molar-refractivity contribution in [2.45, 2.75) is 20.4 Å². The number of carbonyl (C=O) groups is 1. The topological polar surface area (TPSA) is 59.0 Å². The van der Waals surface area contributed by atoms with Gasteiger partial charge in [0.2, 0.25) is 0 Å². The predicted molar refractivity (Wildman–Crippen MR) is 91.3 cm³/mol. The van der Waals surface area contributed by atoms with Crippen LogP contribution in [0.5, 0.6) is 11.5 Å². The number of rotatable bonds is 7. The highest BCUT2D eigenvalue weighted by atomic mass is 16.5. The van der Waals surface area contributed by atoms with Gasteiger partial charge < -0.3 is 14.6 Å². The molecule has 0 aromatic heterocycles. The molecule has 2 unspecified atom stereocenters. The Morgan fingerprint density at radius 1 is 1.29 bits per heavy atom. The van der Waals surface area contributed by atoms with Gasteiger partial charge in [-0.3, -0.25) is 9.69 Å². The normalized spacial score (nSPS) is 25.0. The Labute approximate surface area is 142 Å². The number of fused-ring (bicyclic) bond motifs is 1. The molecule has 130 valence electrons. The first-order chi connectivity index (χ1) is 11.5. The Bertz CT molecular complexity index is 639. The monoisotopic (exact) mass is 331 g/mol. The fourth-order valence-electron chi connectivity index (χ4n) is 3.60. The highest BCUT2D eigenvalue weighted by molar-refractivity contribution is 5.74. The molecule has 2 fully saturated rings. The first-order valence-corrected chi connectivity index (χ1v) is 8.38. The van der Waals surface area contributed by atoms with Crippen LogP contribution in [0.25, 0.3) is 0 Å². The van der Waals surface area contributed by atoms with E-state index in [2.05, 4.69) is 11.0 Å². The summed E-state index contributed by atoms with van der Waals surface area (Å²) >= 11 is 0. The smallest absolute Gasteiger partial charge is 0.307 e. The molecule has 1 aromatic carbocycles. The molecule has 0 bridgehead atoms. The largest absolute Gasteiger partial charge is 0.493 e. The lowest BCUT2D eigenvalue weighted by atomic mass is 10.1. The van der Waals surface area contributed by atoms with Crippen LogP contribution in [-0.2, 0) is 11.3 Å². The number of piperidine rings is 1. The number of ether oxygens (including phenoxy) is 2. The number of methoxy groups -OCH3 is 1. The van der Waals surface area contributed by atoms with Crippen LogP contribution in [0.4, 0.5) is 0 Å². The molecule has 1 N–H and O–H groups in total. The maximum Gasteiger partial charge on any atom is 0.307 e. The second-order valence-electron chi connectivity index (χ2n) is 6.96. The third kappa shape index (κ3) is 3.56. The van der Waals surface area contributed by atoms with Crippen molar-refractivity contribution >= 4 is 5.97 Å². The Morgan fingerprint density at radius 3 is 2.58 bits per heavy atom. The van der Waals surface area contributed by atoms with E-state index in [1.165, 1.54) is 5.57 Å². The minimum absolute atomic E-state index is 0.110. The van der Waals surface area contributed by atoms with Gasteiger partial charge in [-0.05, 0) is 49.5 Å². The van der Waals surface area contributed by atoms with Crippen LogP contribution in [0.1, 0.15) is 19.4 Å². The van der Waals surface area contributed by atoms with Crippen molar-refractivity contribution in [2.75, 3.05) is 26.8 Å². The van der Waals surface area contributed by atoms with Crippen LogP contribution in [-0.4, -0.2) is 42.8 Å². The Kier molecular flexibility index (Phi) is 4.81. The first-order valence-electron chi connectivity index (χ1n) is 8.38. The molecule has 2 atom stereocenters. The van der Waals surface area contributed by atoms with Crippen LogP contribution in [0.15, 0.2) is 29.8 Å². The zero-order valence-corrected chi connectivity index (χ0v) is 14.5. The summed E-state index contributed by atoms with van der Waals surface area (Å²) in [6.45, 7) is 7.19. The quantitative estimate of drug-likeness (QED) is 0.779. The van der Waals surface area contributed by atoms with Gasteiger partial charge in [0.15, 0.2) is 11.5 Å². The number of allylic oxidation sites excluding steroid dienone is 1. The molecule has 5 nitrogen and oxygen atoms in total. The van der Waals surface area contributed by atoms with E-state index >= 15 is 0 Å². The van der Waals surface area contributed by atoms with Gasteiger partial charge in [-0.15, -0.1) is 0 Å².